The molecule has 0 aromatic heterocycles. The highest BCUT2D eigenvalue weighted by atomic mass is 16.5. The van der Waals surface area contributed by atoms with E-state index in [0.29, 0.717) is 12.1 Å². The summed E-state index contributed by atoms with van der Waals surface area (Å²) in [6, 6.07) is 0.984. The second-order valence-corrected chi connectivity index (χ2v) is 6.70. The van der Waals surface area contributed by atoms with Crippen LogP contribution in [0.5, 0.6) is 0 Å². The molecule has 0 spiro atoms. The van der Waals surface area contributed by atoms with Gasteiger partial charge in [-0.1, -0.05) is 0 Å². The van der Waals surface area contributed by atoms with E-state index >= 15 is 0 Å². The van der Waals surface area contributed by atoms with Gasteiger partial charge in [0.25, 0.3) is 0 Å². The second-order valence-electron chi connectivity index (χ2n) is 6.70. The maximum atomic E-state index is 5.29. The first-order valence-corrected chi connectivity index (χ1v) is 7.80. The van der Waals surface area contributed by atoms with E-state index in [2.05, 4.69) is 44.8 Å². The molecule has 0 aromatic carbocycles. The molecule has 0 aliphatic rings. The zero-order chi connectivity index (χ0) is 15.6. The van der Waals surface area contributed by atoms with Gasteiger partial charge in [-0.05, 0) is 54.0 Å². The van der Waals surface area contributed by atoms with Crippen LogP contribution in [-0.4, -0.2) is 63.0 Å². The Hall–Kier alpha value is -0.160. The summed E-state index contributed by atoms with van der Waals surface area (Å²) < 4.78 is 10.5. The zero-order valence-corrected chi connectivity index (χ0v) is 14.7. The lowest BCUT2D eigenvalue weighted by Gasteiger charge is -2.34. The van der Waals surface area contributed by atoms with Crippen LogP contribution in [0, 0.1) is 0 Å². The van der Waals surface area contributed by atoms with Gasteiger partial charge in [-0.2, -0.15) is 0 Å². The summed E-state index contributed by atoms with van der Waals surface area (Å²) in [6.07, 6.45) is 2.39. The average Bonchev–Trinajstić information content (AvgIpc) is 2.34. The van der Waals surface area contributed by atoms with E-state index in [1.165, 1.54) is 12.8 Å². The van der Waals surface area contributed by atoms with Crippen molar-refractivity contribution in [2.45, 2.75) is 65.1 Å². The molecule has 0 aliphatic carbocycles. The van der Waals surface area contributed by atoms with Gasteiger partial charge in [-0.25, -0.2) is 0 Å². The van der Waals surface area contributed by atoms with Crippen molar-refractivity contribution in [3.8, 4) is 0 Å². The lowest BCUT2D eigenvalue weighted by molar-refractivity contribution is 0.0488. The van der Waals surface area contributed by atoms with Crippen molar-refractivity contribution in [2.75, 3.05) is 40.5 Å². The Kier molecular flexibility index (Phi) is 10.5. The molecular formula is C16H36N2O2. The third-order valence-electron chi connectivity index (χ3n) is 3.55. The Balaban J connectivity index is 4.15. The van der Waals surface area contributed by atoms with Crippen molar-refractivity contribution in [1.29, 1.82) is 0 Å². The third kappa shape index (κ3) is 9.70. The van der Waals surface area contributed by atoms with E-state index in [1.54, 1.807) is 14.2 Å². The first kappa shape index (κ1) is 19.8. The Morgan fingerprint density at radius 3 is 2.20 bits per heavy atom. The molecule has 0 saturated heterocycles. The molecule has 0 fully saturated rings. The normalized spacial score (nSPS) is 15.6. The molecule has 0 aliphatic heterocycles. The zero-order valence-electron chi connectivity index (χ0n) is 14.7. The monoisotopic (exact) mass is 288 g/mol. The van der Waals surface area contributed by atoms with E-state index in [1.807, 2.05) is 0 Å². The molecule has 0 amide bonds. The van der Waals surface area contributed by atoms with Crippen LogP contribution in [0.15, 0.2) is 0 Å². The maximum Gasteiger partial charge on any atom is 0.0615 e. The molecule has 0 heterocycles. The number of nitrogens with one attached hydrogen (secondary N) is 1. The Labute approximate surface area is 126 Å². The summed E-state index contributed by atoms with van der Waals surface area (Å²) in [6.45, 7) is 14.8. The Morgan fingerprint density at radius 1 is 1.05 bits per heavy atom. The topological polar surface area (TPSA) is 33.7 Å². The summed E-state index contributed by atoms with van der Waals surface area (Å²) in [4.78, 5) is 2.49. The molecule has 2 unspecified atom stereocenters. The smallest absolute Gasteiger partial charge is 0.0615 e. The summed E-state index contributed by atoms with van der Waals surface area (Å²) in [7, 11) is 3.53. The maximum absolute atomic E-state index is 5.29. The largest absolute Gasteiger partial charge is 0.383 e. The molecule has 0 rings (SSSR count). The van der Waals surface area contributed by atoms with E-state index in [-0.39, 0.29) is 5.54 Å². The molecule has 0 saturated carbocycles. The van der Waals surface area contributed by atoms with Crippen molar-refractivity contribution >= 4 is 0 Å². The van der Waals surface area contributed by atoms with Crippen LogP contribution in [0.3, 0.4) is 0 Å². The first-order valence-electron chi connectivity index (χ1n) is 7.80. The fourth-order valence-electron chi connectivity index (χ4n) is 2.44. The van der Waals surface area contributed by atoms with Crippen LogP contribution >= 0.6 is 0 Å². The van der Waals surface area contributed by atoms with Crippen molar-refractivity contribution < 1.29 is 9.47 Å². The summed E-state index contributed by atoms with van der Waals surface area (Å²) >= 11 is 0. The second kappa shape index (κ2) is 10.6. The minimum absolute atomic E-state index is 0.211. The third-order valence-corrected chi connectivity index (χ3v) is 3.55. The van der Waals surface area contributed by atoms with Crippen LogP contribution in [-0.2, 0) is 9.47 Å². The van der Waals surface area contributed by atoms with Gasteiger partial charge in [0.2, 0.25) is 0 Å². The fourth-order valence-corrected chi connectivity index (χ4v) is 2.44. The molecule has 2 atom stereocenters. The first-order chi connectivity index (χ1) is 9.31. The number of hydrogen-bond acceptors (Lipinski definition) is 4. The van der Waals surface area contributed by atoms with E-state index < -0.39 is 0 Å². The van der Waals surface area contributed by atoms with Gasteiger partial charge in [-0.3, -0.25) is 4.90 Å². The molecule has 0 aromatic rings. The van der Waals surface area contributed by atoms with Crippen molar-refractivity contribution in [3.63, 3.8) is 0 Å². The van der Waals surface area contributed by atoms with Gasteiger partial charge in [0.05, 0.1) is 13.2 Å². The Morgan fingerprint density at radius 2 is 1.70 bits per heavy atom. The quantitative estimate of drug-likeness (QED) is 0.592. The highest BCUT2D eigenvalue weighted by molar-refractivity contribution is 4.75. The molecule has 4 heteroatoms. The highest BCUT2D eigenvalue weighted by Gasteiger charge is 2.19. The van der Waals surface area contributed by atoms with E-state index in [4.69, 9.17) is 9.47 Å². The predicted octanol–water partition coefficient (Wildman–Crippen LogP) is 2.53. The predicted molar refractivity (Wildman–Crippen MR) is 86.4 cm³/mol. The van der Waals surface area contributed by atoms with Crippen LogP contribution in [0.2, 0.25) is 0 Å². The molecule has 0 radical (unpaired) electrons. The SMILES string of the molecule is COCCN(C(C)CCCNC(C)(C)C)C(C)COC. The van der Waals surface area contributed by atoms with Gasteiger partial charge in [0.1, 0.15) is 0 Å². The van der Waals surface area contributed by atoms with Crippen LogP contribution in [0.1, 0.15) is 47.5 Å². The fraction of sp³-hybridized carbons (Fsp3) is 1.00. The van der Waals surface area contributed by atoms with Crippen molar-refractivity contribution in [1.82, 2.24) is 10.2 Å². The highest BCUT2D eigenvalue weighted by Crippen LogP contribution is 2.11. The van der Waals surface area contributed by atoms with Crippen molar-refractivity contribution in [3.05, 3.63) is 0 Å². The van der Waals surface area contributed by atoms with Crippen LogP contribution in [0.4, 0.5) is 0 Å². The molecule has 122 valence electrons. The summed E-state index contributed by atoms with van der Waals surface area (Å²) in [5, 5.41) is 3.55. The summed E-state index contributed by atoms with van der Waals surface area (Å²) in [5.74, 6) is 0. The van der Waals surface area contributed by atoms with Gasteiger partial charge in [-0.15, -0.1) is 0 Å². The number of methoxy groups -OCH3 is 2. The minimum atomic E-state index is 0.211. The van der Waals surface area contributed by atoms with E-state index in [9.17, 15) is 0 Å². The van der Waals surface area contributed by atoms with Crippen LogP contribution in [0.25, 0.3) is 0 Å². The van der Waals surface area contributed by atoms with Gasteiger partial charge >= 0.3 is 0 Å². The van der Waals surface area contributed by atoms with Gasteiger partial charge < -0.3 is 14.8 Å². The number of nitrogens with zero attached hydrogens (tertiary/aromatic N) is 1. The molecule has 1 N–H and O–H groups in total. The Bertz CT molecular complexity index is 229. The number of ether oxygens (including phenoxy) is 2. The standard InChI is InChI=1S/C16H36N2O2/c1-14(9-8-10-17-16(3,4)5)18(11-12-19-6)15(2)13-20-7/h14-15,17H,8-13H2,1-7H3. The minimum Gasteiger partial charge on any atom is -0.383 e. The number of rotatable bonds is 11. The molecular weight excluding hydrogens is 252 g/mol. The lowest BCUT2D eigenvalue weighted by atomic mass is 10.1. The van der Waals surface area contributed by atoms with Gasteiger partial charge in [0, 0.05) is 38.4 Å². The number of hydrogen-bond donors (Lipinski definition) is 1. The average molecular weight is 288 g/mol. The molecule has 4 nitrogen and oxygen atoms in total. The molecule has 20 heavy (non-hydrogen) atoms. The summed E-state index contributed by atoms with van der Waals surface area (Å²) in [5.41, 5.74) is 0.211. The van der Waals surface area contributed by atoms with Crippen LogP contribution < -0.4 is 5.32 Å². The van der Waals surface area contributed by atoms with Gasteiger partial charge in [0.15, 0.2) is 0 Å². The van der Waals surface area contributed by atoms with E-state index in [0.717, 1.165) is 26.3 Å². The van der Waals surface area contributed by atoms with Crippen molar-refractivity contribution in [2.24, 2.45) is 0 Å². The lowest BCUT2D eigenvalue weighted by Crippen LogP contribution is -2.45. The molecule has 0 bridgehead atoms.